The van der Waals surface area contributed by atoms with Crippen molar-refractivity contribution in [3.8, 4) is 0 Å². The smallest absolute Gasteiger partial charge is 0.317 e. The third-order valence-corrected chi connectivity index (χ3v) is 4.70. The van der Waals surface area contributed by atoms with Crippen LogP contribution in [0.2, 0.25) is 0 Å². The molecule has 5 heteroatoms. The molecule has 1 aromatic rings. The van der Waals surface area contributed by atoms with Gasteiger partial charge in [-0.15, -0.1) is 0 Å². The Morgan fingerprint density at radius 3 is 1.65 bits per heavy atom. The van der Waals surface area contributed by atoms with Crippen LogP contribution in [0, 0.1) is 10.8 Å². The standard InChI is InChI=1S/C21H30O5/c1-19(2,3)17-21(24-7,14-11-9-8-10-12-14)18(20(4,5)6)26-16(23)13-15(22)25-17/h8-12,17-18H,13H2,1-7H3. The maximum Gasteiger partial charge on any atom is 0.317 e. The van der Waals surface area contributed by atoms with Crippen molar-refractivity contribution in [2.45, 2.75) is 65.8 Å². The molecule has 1 fully saturated rings. The van der Waals surface area contributed by atoms with E-state index >= 15 is 0 Å². The van der Waals surface area contributed by atoms with Gasteiger partial charge in [0, 0.05) is 17.9 Å². The van der Waals surface area contributed by atoms with Crippen LogP contribution in [0.15, 0.2) is 30.3 Å². The second-order valence-corrected chi connectivity index (χ2v) is 9.01. The Kier molecular flexibility index (Phi) is 5.52. The van der Waals surface area contributed by atoms with Crippen molar-refractivity contribution in [1.82, 2.24) is 0 Å². The van der Waals surface area contributed by atoms with E-state index in [1.165, 1.54) is 0 Å². The molecule has 2 unspecified atom stereocenters. The van der Waals surface area contributed by atoms with Crippen LogP contribution in [0.4, 0.5) is 0 Å². The summed E-state index contributed by atoms with van der Waals surface area (Å²) in [6.45, 7) is 11.9. The highest BCUT2D eigenvalue weighted by atomic mass is 16.6. The summed E-state index contributed by atoms with van der Waals surface area (Å²) in [5, 5.41) is 0. The number of carbonyl (C=O) groups is 2. The van der Waals surface area contributed by atoms with Crippen LogP contribution in [0.3, 0.4) is 0 Å². The van der Waals surface area contributed by atoms with E-state index in [-0.39, 0.29) is 0 Å². The van der Waals surface area contributed by atoms with Gasteiger partial charge in [0.05, 0.1) is 0 Å². The summed E-state index contributed by atoms with van der Waals surface area (Å²) in [6.07, 6.45) is -1.69. The molecule has 1 saturated heterocycles. The lowest BCUT2D eigenvalue weighted by molar-refractivity contribution is -0.252. The number of esters is 2. The first-order valence-electron chi connectivity index (χ1n) is 8.92. The molecule has 1 heterocycles. The zero-order valence-electron chi connectivity index (χ0n) is 16.8. The van der Waals surface area contributed by atoms with Gasteiger partial charge in [0.1, 0.15) is 18.6 Å². The maximum absolute atomic E-state index is 12.3. The Bertz CT molecular complexity index is 617. The predicted octanol–water partition coefficient (Wildman–Crippen LogP) is 3.85. The molecule has 0 bridgehead atoms. The second kappa shape index (κ2) is 7.03. The summed E-state index contributed by atoms with van der Waals surface area (Å²) in [4.78, 5) is 24.6. The summed E-state index contributed by atoms with van der Waals surface area (Å²) < 4.78 is 17.8. The topological polar surface area (TPSA) is 61.8 Å². The van der Waals surface area contributed by atoms with Crippen LogP contribution in [0.25, 0.3) is 0 Å². The maximum atomic E-state index is 12.3. The summed E-state index contributed by atoms with van der Waals surface area (Å²) >= 11 is 0. The Morgan fingerprint density at radius 1 is 0.885 bits per heavy atom. The molecule has 1 aliphatic rings. The van der Waals surface area contributed by atoms with Crippen molar-refractivity contribution >= 4 is 11.9 Å². The molecule has 0 radical (unpaired) electrons. The number of benzene rings is 1. The van der Waals surface area contributed by atoms with Crippen molar-refractivity contribution < 1.29 is 23.8 Å². The molecule has 0 spiro atoms. The molecule has 2 atom stereocenters. The minimum atomic E-state index is -1.14. The number of hydrogen-bond donors (Lipinski definition) is 0. The highest BCUT2D eigenvalue weighted by molar-refractivity contribution is 5.91. The number of methoxy groups -OCH3 is 1. The predicted molar refractivity (Wildman–Crippen MR) is 98.4 cm³/mol. The first-order valence-corrected chi connectivity index (χ1v) is 8.92. The quantitative estimate of drug-likeness (QED) is 0.591. The zero-order chi connectivity index (χ0) is 19.8. The summed E-state index contributed by atoms with van der Waals surface area (Å²) in [6, 6.07) is 9.55. The fourth-order valence-electron chi connectivity index (χ4n) is 3.75. The Hall–Kier alpha value is -1.88. The Morgan fingerprint density at radius 2 is 1.31 bits per heavy atom. The molecule has 0 aliphatic carbocycles. The molecule has 1 aromatic carbocycles. The van der Waals surface area contributed by atoms with E-state index in [0.29, 0.717) is 0 Å². The average Bonchev–Trinajstić information content (AvgIpc) is 2.51. The van der Waals surface area contributed by atoms with E-state index in [1.807, 2.05) is 71.9 Å². The summed E-state index contributed by atoms with van der Waals surface area (Å²) in [5.41, 5.74) is -1.22. The molecule has 144 valence electrons. The van der Waals surface area contributed by atoms with Crippen molar-refractivity contribution in [3.63, 3.8) is 0 Å². The third-order valence-electron chi connectivity index (χ3n) is 4.70. The Balaban J connectivity index is 2.82. The average molecular weight is 362 g/mol. The molecule has 2 rings (SSSR count). The van der Waals surface area contributed by atoms with Crippen LogP contribution in [-0.4, -0.2) is 31.3 Å². The second-order valence-electron chi connectivity index (χ2n) is 9.01. The number of rotatable bonds is 2. The van der Waals surface area contributed by atoms with Gasteiger partial charge in [0.15, 0.2) is 5.60 Å². The molecule has 1 aliphatic heterocycles. The van der Waals surface area contributed by atoms with Crippen LogP contribution < -0.4 is 0 Å². The minimum absolute atomic E-state index is 0.395. The lowest BCUT2D eigenvalue weighted by Gasteiger charge is -2.52. The minimum Gasteiger partial charge on any atom is -0.458 e. The molecular formula is C21H30O5. The van der Waals surface area contributed by atoms with Crippen molar-refractivity contribution in [1.29, 1.82) is 0 Å². The van der Waals surface area contributed by atoms with Gasteiger partial charge >= 0.3 is 11.9 Å². The normalized spacial score (nSPS) is 28.0. The molecule has 0 saturated carbocycles. The van der Waals surface area contributed by atoms with Crippen molar-refractivity contribution in [3.05, 3.63) is 35.9 Å². The van der Waals surface area contributed by atoms with Gasteiger partial charge in [-0.2, -0.15) is 0 Å². The largest absolute Gasteiger partial charge is 0.458 e. The number of carbonyl (C=O) groups excluding carboxylic acids is 2. The van der Waals surface area contributed by atoms with Gasteiger partial charge in [-0.1, -0.05) is 71.9 Å². The third kappa shape index (κ3) is 3.78. The van der Waals surface area contributed by atoms with Gasteiger partial charge in [-0.05, 0) is 5.56 Å². The first kappa shape index (κ1) is 20.4. The fraction of sp³-hybridized carbons (Fsp3) is 0.619. The lowest BCUT2D eigenvalue weighted by Crippen LogP contribution is -2.63. The van der Waals surface area contributed by atoms with E-state index in [1.54, 1.807) is 7.11 Å². The summed E-state index contributed by atoms with van der Waals surface area (Å²) in [7, 11) is 1.58. The van der Waals surface area contributed by atoms with Crippen LogP contribution in [0.5, 0.6) is 0 Å². The lowest BCUT2D eigenvalue weighted by atomic mass is 9.66. The summed E-state index contributed by atoms with van der Waals surface area (Å²) in [5.74, 6) is -1.20. The monoisotopic (exact) mass is 362 g/mol. The fourth-order valence-corrected chi connectivity index (χ4v) is 3.75. The van der Waals surface area contributed by atoms with Gasteiger partial charge in [-0.25, -0.2) is 0 Å². The first-order chi connectivity index (χ1) is 11.9. The van der Waals surface area contributed by atoms with E-state index < -0.39 is 47.0 Å². The van der Waals surface area contributed by atoms with Crippen molar-refractivity contribution in [2.24, 2.45) is 10.8 Å². The van der Waals surface area contributed by atoms with E-state index in [0.717, 1.165) is 5.56 Å². The van der Waals surface area contributed by atoms with Crippen LogP contribution in [0.1, 0.15) is 53.5 Å². The van der Waals surface area contributed by atoms with Crippen LogP contribution >= 0.6 is 0 Å². The van der Waals surface area contributed by atoms with Gasteiger partial charge in [-0.3, -0.25) is 9.59 Å². The molecule has 0 N–H and O–H groups in total. The number of hydrogen-bond acceptors (Lipinski definition) is 5. The van der Waals surface area contributed by atoms with E-state index in [4.69, 9.17) is 14.2 Å². The molecular weight excluding hydrogens is 332 g/mol. The highest BCUT2D eigenvalue weighted by Crippen LogP contribution is 2.49. The SMILES string of the molecule is COC1(c2ccccc2)C(C(C)(C)C)OC(=O)CC(=O)OC1C(C)(C)C. The molecule has 0 aromatic heterocycles. The van der Waals surface area contributed by atoms with Gasteiger partial charge < -0.3 is 14.2 Å². The van der Waals surface area contributed by atoms with E-state index in [9.17, 15) is 9.59 Å². The zero-order valence-corrected chi connectivity index (χ0v) is 16.8. The van der Waals surface area contributed by atoms with Crippen molar-refractivity contribution in [2.75, 3.05) is 7.11 Å². The van der Waals surface area contributed by atoms with Crippen LogP contribution in [-0.2, 0) is 29.4 Å². The van der Waals surface area contributed by atoms with Gasteiger partial charge in [0.25, 0.3) is 0 Å². The van der Waals surface area contributed by atoms with E-state index in [2.05, 4.69) is 0 Å². The molecule has 5 nitrogen and oxygen atoms in total. The highest BCUT2D eigenvalue weighted by Gasteiger charge is 2.60. The number of cyclic esters (lactones) is 2. The molecule has 0 amide bonds. The Labute approximate surface area is 156 Å². The van der Waals surface area contributed by atoms with Gasteiger partial charge in [0.2, 0.25) is 0 Å². The molecule has 26 heavy (non-hydrogen) atoms. The number of ether oxygens (including phenoxy) is 3.